The van der Waals surface area contributed by atoms with Crippen molar-refractivity contribution in [2.45, 2.75) is 31.3 Å². The summed E-state index contributed by atoms with van der Waals surface area (Å²) >= 11 is 0. The van der Waals surface area contributed by atoms with E-state index in [4.69, 9.17) is 4.74 Å². The molecule has 1 aromatic carbocycles. The van der Waals surface area contributed by atoms with Crippen molar-refractivity contribution in [3.05, 3.63) is 35.9 Å². The fourth-order valence-corrected chi connectivity index (χ4v) is 2.98. The van der Waals surface area contributed by atoms with Crippen LogP contribution >= 0.6 is 0 Å². The van der Waals surface area contributed by atoms with Gasteiger partial charge in [-0.05, 0) is 12.0 Å². The zero-order valence-corrected chi connectivity index (χ0v) is 12.0. The highest BCUT2D eigenvalue weighted by molar-refractivity contribution is 5.90. The van der Waals surface area contributed by atoms with Crippen molar-refractivity contribution < 1.29 is 14.3 Å². The van der Waals surface area contributed by atoms with Gasteiger partial charge in [-0.2, -0.15) is 0 Å². The van der Waals surface area contributed by atoms with Gasteiger partial charge in [0.25, 0.3) is 0 Å². The fourth-order valence-electron chi connectivity index (χ4n) is 2.98. The minimum Gasteiger partial charge on any atom is -0.379 e. The van der Waals surface area contributed by atoms with Crippen LogP contribution in [-0.2, 0) is 20.7 Å². The van der Waals surface area contributed by atoms with Gasteiger partial charge in [0.2, 0.25) is 11.8 Å². The van der Waals surface area contributed by atoms with Crippen LogP contribution in [0.25, 0.3) is 0 Å². The molecule has 2 heterocycles. The molecule has 112 valence electrons. The Hall–Kier alpha value is -1.88. The first-order valence-electron chi connectivity index (χ1n) is 7.45. The van der Waals surface area contributed by atoms with Gasteiger partial charge < -0.3 is 15.0 Å². The Morgan fingerprint density at radius 2 is 2.05 bits per heavy atom. The first-order valence-corrected chi connectivity index (χ1v) is 7.45. The summed E-state index contributed by atoms with van der Waals surface area (Å²) in [5.41, 5.74) is 1.06. The maximum atomic E-state index is 12.7. The Kier molecular flexibility index (Phi) is 4.20. The number of rotatable bonds is 3. The molecule has 1 N–H and O–H groups in total. The maximum Gasteiger partial charge on any atom is 0.245 e. The van der Waals surface area contributed by atoms with E-state index in [0.717, 1.165) is 12.0 Å². The normalized spacial score (nSPS) is 26.6. The van der Waals surface area contributed by atoms with Gasteiger partial charge in [0.15, 0.2) is 0 Å². The van der Waals surface area contributed by atoms with Crippen molar-refractivity contribution in [2.75, 3.05) is 19.8 Å². The molecule has 2 aliphatic heterocycles. The molecule has 0 spiro atoms. The van der Waals surface area contributed by atoms with Crippen LogP contribution in [0.1, 0.15) is 18.4 Å². The van der Waals surface area contributed by atoms with Crippen molar-refractivity contribution in [3.8, 4) is 0 Å². The molecule has 1 aromatic rings. The molecule has 21 heavy (non-hydrogen) atoms. The average molecular weight is 288 g/mol. The van der Waals surface area contributed by atoms with E-state index in [-0.39, 0.29) is 17.9 Å². The fraction of sp³-hybridized carbons (Fsp3) is 0.500. The highest BCUT2D eigenvalue weighted by Gasteiger charge is 2.35. The lowest BCUT2D eigenvalue weighted by Gasteiger charge is -2.28. The Bertz CT molecular complexity index is 512. The number of ether oxygens (including phenoxy) is 1. The minimum atomic E-state index is -0.469. The van der Waals surface area contributed by atoms with Gasteiger partial charge in [0, 0.05) is 26.0 Å². The number of carbonyl (C=O) groups is 2. The third-order valence-electron chi connectivity index (χ3n) is 4.13. The summed E-state index contributed by atoms with van der Waals surface area (Å²) in [5.74, 6) is -0.0362. The summed E-state index contributed by atoms with van der Waals surface area (Å²) in [4.78, 5) is 26.4. The molecule has 3 rings (SSSR count). The van der Waals surface area contributed by atoms with E-state index in [1.54, 1.807) is 0 Å². The molecule has 2 fully saturated rings. The lowest BCUT2D eigenvalue weighted by molar-refractivity contribution is -0.135. The number of nitrogens with zero attached hydrogens (tertiary/aromatic N) is 1. The number of carbonyl (C=O) groups excluding carboxylic acids is 2. The monoisotopic (exact) mass is 288 g/mol. The average Bonchev–Trinajstić information content (AvgIpc) is 2.97. The second-order valence-corrected chi connectivity index (χ2v) is 5.61. The first kappa shape index (κ1) is 14.1. The Morgan fingerprint density at radius 3 is 2.76 bits per heavy atom. The molecule has 2 amide bonds. The molecule has 2 aliphatic rings. The molecular weight excluding hydrogens is 268 g/mol. The number of benzene rings is 1. The van der Waals surface area contributed by atoms with Gasteiger partial charge in [-0.15, -0.1) is 0 Å². The number of hydrogen-bond donors (Lipinski definition) is 1. The van der Waals surface area contributed by atoms with Crippen molar-refractivity contribution in [3.63, 3.8) is 0 Å². The van der Waals surface area contributed by atoms with Crippen LogP contribution in [0.3, 0.4) is 0 Å². The molecule has 5 heteroatoms. The standard InChI is InChI=1S/C16H20N2O3/c19-15-6-8-18(13-7-9-21-11-13)16(20)14(17-15)10-12-4-2-1-3-5-12/h1-5,13-14H,6-11H2,(H,17,19). The van der Waals surface area contributed by atoms with Crippen molar-refractivity contribution >= 4 is 11.8 Å². The molecule has 0 bridgehead atoms. The van der Waals surface area contributed by atoms with E-state index in [0.29, 0.717) is 32.6 Å². The largest absolute Gasteiger partial charge is 0.379 e. The molecule has 0 saturated carbocycles. The summed E-state index contributed by atoms with van der Waals surface area (Å²) in [6.07, 6.45) is 1.76. The maximum absolute atomic E-state index is 12.7. The second-order valence-electron chi connectivity index (χ2n) is 5.61. The van der Waals surface area contributed by atoms with E-state index < -0.39 is 6.04 Å². The Balaban J connectivity index is 1.76. The minimum absolute atomic E-state index is 0.0141. The van der Waals surface area contributed by atoms with Gasteiger partial charge >= 0.3 is 0 Å². The molecular formula is C16H20N2O3. The predicted octanol–water partition coefficient (Wildman–Crippen LogP) is 0.735. The number of nitrogens with one attached hydrogen (secondary N) is 1. The number of amides is 2. The zero-order chi connectivity index (χ0) is 14.7. The van der Waals surface area contributed by atoms with Crippen LogP contribution in [0.2, 0.25) is 0 Å². The quantitative estimate of drug-likeness (QED) is 0.892. The van der Waals surface area contributed by atoms with Crippen LogP contribution in [0.15, 0.2) is 30.3 Å². The SMILES string of the molecule is O=C1CCN(C2CCOC2)C(=O)C(Cc2ccccc2)N1. The van der Waals surface area contributed by atoms with E-state index >= 15 is 0 Å². The second kappa shape index (κ2) is 6.26. The molecule has 5 nitrogen and oxygen atoms in total. The highest BCUT2D eigenvalue weighted by atomic mass is 16.5. The van der Waals surface area contributed by atoms with E-state index in [1.807, 2.05) is 35.2 Å². The van der Waals surface area contributed by atoms with Gasteiger partial charge in [0.1, 0.15) is 6.04 Å². The molecule has 0 aromatic heterocycles. The summed E-state index contributed by atoms with van der Waals surface area (Å²) in [6, 6.07) is 9.44. The van der Waals surface area contributed by atoms with Gasteiger partial charge in [-0.1, -0.05) is 30.3 Å². The van der Waals surface area contributed by atoms with Gasteiger partial charge in [0.05, 0.1) is 12.6 Å². The molecule has 0 radical (unpaired) electrons. The first-order chi connectivity index (χ1) is 10.2. The van der Waals surface area contributed by atoms with Crippen LogP contribution in [0, 0.1) is 0 Å². The summed E-state index contributed by atoms with van der Waals surface area (Å²) in [6.45, 7) is 1.77. The Labute approximate surface area is 124 Å². The topological polar surface area (TPSA) is 58.6 Å². The summed E-state index contributed by atoms with van der Waals surface area (Å²) < 4.78 is 5.38. The molecule has 0 aliphatic carbocycles. The third-order valence-corrected chi connectivity index (χ3v) is 4.13. The van der Waals surface area contributed by atoms with E-state index in [1.165, 1.54) is 0 Å². The van der Waals surface area contributed by atoms with E-state index in [9.17, 15) is 9.59 Å². The molecule has 2 atom stereocenters. The lowest BCUT2D eigenvalue weighted by atomic mass is 10.0. The van der Waals surface area contributed by atoms with Crippen molar-refractivity contribution in [1.82, 2.24) is 10.2 Å². The van der Waals surface area contributed by atoms with Gasteiger partial charge in [-0.3, -0.25) is 9.59 Å². The van der Waals surface area contributed by atoms with Crippen molar-refractivity contribution in [2.24, 2.45) is 0 Å². The summed E-state index contributed by atoms with van der Waals surface area (Å²) in [5, 5.41) is 2.86. The smallest absolute Gasteiger partial charge is 0.245 e. The molecule has 2 unspecified atom stereocenters. The molecule has 2 saturated heterocycles. The van der Waals surface area contributed by atoms with Gasteiger partial charge in [-0.25, -0.2) is 0 Å². The lowest BCUT2D eigenvalue weighted by Crippen LogP contribution is -2.49. The summed E-state index contributed by atoms with van der Waals surface area (Å²) in [7, 11) is 0. The van der Waals surface area contributed by atoms with Crippen LogP contribution in [0.5, 0.6) is 0 Å². The van der Waals surface area contributed by atoms with Crippen LogP contribution in [0.4, 0.5) is 0 Å². The number of hydrogen-bond acceptors (Lipinski definition) is 3. The van der Waals surface area contributed by atoms with Crippen molar-refractivity contribution in [1.29, 1.82) is 0 Å². The highest BCUT2D eigenvalue weighted by Crippen LogP contribution is 2.17. The third kappa shape index (κ3) is 3.24. The van der Waals surface area contributed by atoms with E-state index in [2.05, 4.69) is 5.32 Å². The Morgan fingerprint density at radius 1 is 1.24 bits per heavy atom. The van der Waals surface area contributed by atoms with Crippen LogP contribution in [-0.4, -0.2) is 48.6 Å². The van der Waals surface area contributed by atoms with Crippen LogP contribution < -0.4 is 5.32 Å². The zero-order valence-electron chi connectivity index (χ0n) is 12.0. The predicted molar refractivity (Wildman–Crippen MR) is 77.6 cm³/mol.